The molecule has 0 heterocycles. The van der Waals surface area contributed by atoms with Gasteiger partial charge in [-0.05, 0) is 0 Å². The molecule has 0 spiro atoms. The first kappa shape index (κ1) is 13.6. The molecule has 0 saturated carbocycles. The molecule has 0 aromatic heterocycles. The van der Waals surface area contributed by atoms with E-state index >= 15 is 0 Å². The van der Waals surface area contributed by atoms with Crippen LogP contribution in [0.5, 0.6) is 0 Å². The summed E-state index contributed by atoms with van der Waals surface area (Å²) in [6, 6.07) is 0. The molecule has 1 atom stereocenters. The first-order valence-electron chi connectivity index (χ1n) is 2.25. The summed E-state index contributed by atoms with van der Waals surface area (Å²) >= 11 is 0. The Hall–Kier alpha value is -0.0000000000000000694. The summed E-state index contributed by atoms with van der Waals surface area (Å²) in [5, 5.41) is 7.95. The van der Waals surface area contributed by atoms with Gasteiger partial charge in [0.15, 0.2) is 0 Å². The second-order valence-corrected chi connectivity index (χ2v) is 2.29. The van der Waals surface area contributed by atoms with Crippen molar-refractivity contribution >= 4 is 16.5 Å². The Morgan fingerprint density at radius 1 is 1.18 bits per heavy atom. The minimum atomic E-state index is -2.87. The minimum Gasteiger partial charge on any atom is -0.394 e. The SMILES string of the molecule is O=[P+](O)O.O=[P+](O)OCCO. The lowest BCUT2D eigenvalue weighted by Gasteiger charge is -1.76. The summed E-state index contributed by atoms with van der Waals surface area (Å²) in [4.78, 5) is 22.1. The molecule has 0 amide bonds. The first-order chi connectivity index (χ1) is 5.00. The van der Waals surface area contributed by atoms with Crippen LogP contribution >= 0.6 is 16.5 Å². The second-order valence-electron chi connectivity index (χ2n) is 1.05. The number of hydrogen-bond acceptors (Lipinski definition) is 4. The van der Waals surface area contributed by atoms with E-state index in [0.29, 0.717) is 0 Å². The Bertz CT molecular complexity index is 120. The quantitative estimate of drug-likeness (QED) is 0.448. The Kier molecular flexibility index (Phi) is 12.3. The van der Waals surface area contributed by atoms with E-state index in [1.54, 1.807) is 0 Å². The summed E-state index contributed by atoms with van der Waals surface area (Å²) in [6.07, 6.45) is 0. The topological polar surface area (TPSA) is 124 Å². The maximum absolute atomic E-state index is 9.57. The Balaban J connectivity index is 0. The highest BCUT2D eigenvalue weighted by atomic mass is 31.1. The molecule has 0 aliphatic heterocycles. The molecule has 0 aromatic carbocycles. The zero-order valence-electron chi connectivity index (χ0n) is 5.32. The summed E-state index contributed by atoms with van der Waals surface area (Å²) in [5.74, 6) is 0. The van der Waals surface area contributed by atoms with E-state index in [2.05, 4.69) is 4.52 Å². The van der Waals surface area contributed by atoms with Gasteiger partial charge in [0.25, 0.3) is 0 Å². The normalized spacial score (nSPS) is 9.64. The Labute approximate surface area is 64.2 Å². The van der Waals surface area contributed by atoms with Crippen molar-refractivity contribution in [3.8, 4) is 0 Å². The van der Waals surface area contributed by atoms with Crippen LogP contribution in [-0.4, -0.2) is 33.0 Å². The van der Waals surface area contributed by atoms with Crippen LogP contribution in [-0.2, 0) is 13.7 Å². The van der Waals surface area contributed by atoms with Gasteiger partial charge < -0.3 is 5.11 Å². The van der Waals surface area contributed by atoms with Crippen LogP contribution in [0.2, 0.25) is 0 Å². The molecule has 0 aliphatic rings. The molecule has 0 bridgehead atoms. The van der Waals surface area contributed by atoms with Gasteiger partial charge in [0.2, 0.25) is 0 Å². The molecule has 0 aromatic rings. The lowest BCUT2D eigenvalue weighted by atomic mass is 10.8. The zero-order chi connectivity index (χ0) is 9.28. The van der Waals surface area contributed by atoms with Gasteiger partial charge >= 0.3 is 16.5 Å². The Morgan fingerprint density at radius 3 is 1.64 bits per heavy atom. The smallest absolute Gasteiger partial charge is 0.394 e. The number of rotatable bonds is 3. The van der Waals surface area contributed by atoms with Gasteiger partial charge in [-0.25, -0.2) is 0 Å². The molecular formula is C2H8O7P2+2. The van der Waals surface area contributed by atoms with E-state index in [9.17, 15) is 4.57 Å². The highest BCUT2D eigenvalue weighted by Gasteiger charge is 2.08. The van der Waals surface area contributed by atoms with Gasteiger partial charge in [-0.15, -0.1) is 19.2 Å². The molecular weight excluding hydrogens is 198 g/mol. The highest BCUT2D eigenvalue weighted by molar-refractivity contribution is 7.32. The van der Waals surface area contributed by atoms with Gasteiger partial charge in [0.1, 0.15) is 6.61 Å². The van der Waals surface area contributed by atoms with Gasteiger partial charge in [-0.2, -0.15) is 0 Å². The summed E-state index contributed by atoms with van der Waals surface area (Å²) in [7, 11) is -5.39. The van der Waals surface area contributed by atoms with Gasteiger partial charge in [-0.1, -0.05) is 0 Å². The van der Waals surface area contributed by atoms with E-state index in [1.807, 2.05) is 0 Å². The highest BCUT2D eigenvalue weighted by Crippen LogP contribution is 2.12. The lowest BCUT2D eigenvalue weighted by molar-refractivity contribution is 0.193. The van der Waals surface area contributed by atoms with Crippen LogP contribution < -0.4 is 0 Å². The average Bonchev–Trinajstić information content (AvgIpc) is 1.82. The summed E-state index contributed by atoms with van der Waals surface area (Å²) in [5.41, 5.74) is 0. The van der Waals surface area contributed by atoms with Crippen LogP contribution in [0.3, 0.4) is 0 Å². The van der Waals surface area contributed by atoms with Gasteiger partial charge in [-0.3, -0.25) is 0 Å². The van der Waals surface area contributed by atoms with Crippen LogP contribution in [0.25, 0.3) is 0 Å². The van der Waals surface area contributed by atoms with Crippen molar-refractivity contribution < 1.29 is 33.4 Å². The van der Waals surface area contributed by atoms with Crippen molar-refractivity contribution in [3.63, 3.8) is 0 Å². The van der Waals surface area contributed by atoms with Crippen LogP contribution in [0.4, 0.5) is 0 Å². The molecule has 9 heteroatoms. The third-order valence-electron chi connectivity index (χ3n) is 0.293. The van der Waals surface area contributed by atoms with Crippen molar-refractivity contribution in [2.45, 2.75) is 0 Å². The predicted octanol–water partition coefficient (Wildman–Crippen LogP) is -0.727. The lowest BCUT2D eigenvalue weighted by Crippen LogP contribution is -1.90. The third kappa shape index (κ3) is 40.0. The maximum atomic E-state index is 9.57. The number of aliphatic hydroxyl groups is 1. The third-order valence-corrected chi connectivity index (χ3v) is 0.696. The van der Waals surface area contributed by atoms with Crippen molar-refractivity contribution in [1.29, 1.82) is 0 Å². The summed E-state index contributed by atoms with van der Waals surface area (Å²) in [6.45, 7) is -0.298. The monoisotopic (exact) mass is 206 g/mol. The van der Waals surface area contributed by atoms with E-state index in [1.165, 1.54) is 0 Å². The molecule has 1 unspecified atom stereocenters. The van der Waals surface area contributed by atoms with Gasteiger partial charge in [0, 0.05) is 9.13 Å². The van der Waals surface area contributed by atoms with E-state index in [-0.39, 0.29) is 13.2 Å². The van der Waals surface area contributed by atoms with Crippen molar-refractivity contribution in [2.24, 2.45) is 0 Å². The molecule has 0 radical (unpaired) electrons. The molecule has 4 N–H and O–H groups in total. The maximum Gasteiger partial charge on any atom is 0.694 e. The average molecular weight is 206 g/mol. The Morgan fingerprint density at radius 2 is 1.55 bits per heavy atom. The zero-order valence-corrected chi connectivity index (χ0v) is 7.11. The molecule has 0 fully saturated rings. The fraction of sp³-hybridized carbons (Fsp3) is 1.00. The van der Waals surface area contributed by atoms with E-state index < -0.39 is 16.5 Å². The number of aliphatic hydroxyl groups excluding tert-OH is 1. The number of hydrogen-bond donors (Lipinski definition) is 4. The van der Waals surface area contributed by atoms with E-state index in [4.69, 9.17) is 24.4 Å². The molecule has 0 aliphatic carbocycles. The van der Waals surface area contributed by atoms with Crippen molar-refractivity contribution in [1.82, 2.24) is 0 Å². The predicted molar refractivity (Wildman–Crippen MR) is 34.9 cm³/mol. The van der Waals surface area contributed by atoms with Crippen LogP contribution in [0.15, 0.2) is 0 Å². The minimum absolute atomic E-state index is 0.0777. The largest absolute Gasteiger partial charge is 0.694 e. The molecule has 7 nitrogen and oxygen atoms in total. The molecule has 66 valence electrons. The van der Waals surface area contributed by atoms with Crippen molar-refractivity contribution in [3.05, 3.63) is 0 Å². The second kappa shape index (κ2) is 10.0. The van der Waals surface area contributed by atoms with Crippen molar-refractivity contribution in [2.75, 3.05) is 13.2 Å². The van der Waals surface area contributed by atoms with Crippen LogP contribution in [0.1, 0.15) is 0 Å². The van der Waals surface area contributed by atoms with E-state index in [0.717, 1.165) is 0 Å². The molecule has 0 rings (SSSR count). The van der Waals surface area contributed by atoms with Gasteiger partial charge in [0.05, 0.1) is 6.61 Å². The summed E-state index contributed by atoms with van der Waals surface area (Å²) < 4.78 is 22.3. The van der Waals surface area contributed by atoms with Crippen LogP contribution in [0, 0.1) is 0 Å². The molecule has 0 saturated heterocycles. The molecule has 11 heavy (non-hydrogen) atoms. The fourth-order valence-corrected chi connectivity index (χ4v) is 0.357. The first-order valence-corrected chi connectivity index (χ1v) is 4.55. The fourth-order valence-electron chi connectivity index (χ4n) is 0.119. The standard InChI is InChI=1S/C2H5O4P.HO3P/c3-1-2-6-7(4)5;1-4(2)3/h3H,1-2H2;(H-,1,2,3)/p+2.